The summed E-state index contributed by atoms with van der Waals surface area (Å²) >= 11 is 0. The van der Waals surface area contributed by atoms with Crippen molar-refractivity contribution >= 4 is 11.9 Å². The molecule has 2 unspecified atom stereocenters. The van der Waals surface area contributed by atoms with Gasteiger partial charge in [0.15, 0.2) is 0 Å². The number of carbonyl (C=O) groups is 2. The van der Waals surface area contributed by atoms with Gasteiger partial charge in [-0.15, -0.1) is 0 Å². The maximum atomic E-state index is 12.9. The summed E-state index contributed by atoms with van der Waals surface area (Å²) in [6, 6.07) is 13.3. The number of carbonyl (C=O) groups excluding carboxylic acids is 1. The molecule has 0 saturated carbocycles. The van der Waals surface area contributed by atoms with Crippen LogP contribution in [0.5, 0.6) is 0 Å². The van der Waals surface area contributed by atoms with E-state index in [1.807, 2.05) is 18.2 Å². The van der Waals surface area contributed by atoms with Crippen molar-refractivity contribution in [3.63, 3.8) is 0 Å². The van der Waals surface area contributed by atoms with E-state index < -0.39 is 5.97 Å². The smallest absolute Gasteiger partial charge is 0.335 e. The van der Waals surface area contributed by atoms with Crippen LogP contribution in [-0.2, 0) is 17.6 Å². The van der Waals surface area contributed by atoms with Crippen LogP contribution in [0.2, 0.25) is 0 Å². The number of fused-ring (bicyclic) bond motifs is 2. The molecule has 2 aromatic rings. The van der Waals surface area contributed by atoms with Crippen LogP contribution in [0.15, 0.2) is 42.5 Å². The van der Waals surface area contributed by atoms with E-state index in [9.17, 15) is 14.7 Å². The monoisotopic (exact) mass is 335 g/mol. The van der Waals surface area contributed by atoms with E-state index in [1.165, 1.54) is 5.56 Å². The molecule has 0 fully saturated rings. The highest BCUT2D eigenvalue weighted by Gasteiger charge is 2.30. The Hall–Kier alpha value is -2.62. The molecule has 0 bridgehead atoms. The summed E-state index contributed by atoms with van der Waals surface area (Å²) in [6.45, 7) is 0. The fourth-order valence-corrected chi connectivity index (χ4v) is 4.18. The number of carboxylic acids is 1. The van der Waals surface area contributed by atoms with E-state index in [4.69, 9.17) is 0 Å². The second-order valence-electron chi connectivity index (χ2n) is 6.96. The first-order valence-electron chi connectivity index (χ1n) is 8.88. The predicted octanol–water partition coefficient (Wildman–Crippen LogP) is 3.61. The molecule has 4 heteroatoms. The SMILES string of the molecule is O=C(O)c1ccc2c(c1)C(NC(=O)C1CCCc3ccccc31)CC2. The average molecular weight is 335 g/mol. The maximum Gasteiger partial charge on any atom is 0.335 e. The van der Waals surface area contributed by atoms with Crippen LogP contribution in [0.3, 0.4) is 0 Å². The van der Waals surface area contributed by atoms with Crippen molar-refractivity contribution in [2.24, 2.45) is 0 Å². The Balaban J connectivity index is 1.56. The minimum Gasteiger partial charge on any atom is -0.478 e. The maximum absolute atomic E-state index is 12.9. The summed E-state index contributed by atoms with van der Waals surface area (Å²) in [6.07, 6.45) is 4.64. The number of hydrogen-bond donors (Lipinski definition) is 2. The third-order valence-corrected chi connectivity index (χ3v) is 5.47. The highest BCUT2D eigenvalue weighted by molar-refractivity contribution is 5.88. The van der Waals surface area contributed by atoms with Crippen molar-refractivity contribution in [3.05, 3.63) is 70.3 Å². The molecule has 0 heterocycles. The lowest BCUT2D eigenvalue weighted by Gasteiger charge is -2.26. The molecule has 0 saturated heterocycles. The predicted molar refractivity (Wildman–Crippen MR) is 94.7 cm³/mol. The van der Waals surface area contributed by atoms with Gasteiger partial charge in [0.2, 0.25) is 5.91 Å². The van der Waals surface area contributed by atoms with Gasteiger partial charge in [0.05, 0.1) is 17.5 Å². The largest absolute Gasteiger partial charge is 0.478 e. The summed E-state index contributed by atoms with van der Waals surface area (Å²) in [5, 5.41) is 12.4. The summed E-state index contributed by atoms with van der Waals surface area (Å²) < 4.78 is 0. The average Bonchev–Trinajstić information content (AvgIpc) is 3.03. The van der Waals surface area contributed by atoms with Crippen LogP contribution in [-0.4, -0.2) is 17.0 Å². The first-order valence-corrected chi connectivity index (χ1v) is 8.88. The van der Waals surface area contributed by atoms with E-state index in [0.717, 1.165) is 48.8 Å². The van der Waals surface area contributed by atoms with Crippen LogP contribution in [0, 0.1) is 0 Å². The number of amides is 1. The zero-order chi connectivity index (χ0) is 17.4. The molecule has 2 aliphatic rings. The van der Waals surface area contributed by atoms with Crippen molar-refractivity contribution in [3.8, 4) is 0 Å². The third-order valence-electron chi connectivity index (χ3n) is 5.47. The van der Waals surface area contributed by atoms with Gasteiger partial charge in [-0.25, -0.2) is 4.79 Å². The van der Waals surface area contributed by atoms with Crippen LogP contribution in [0.25, 0.3) is 0 Å². The van der Waals surface area contributed by atoms with Gasteiger partial charge in [0.1, 0.15) is 0 Å². The molecule has 0 aromatic heterocycles. The normalized spacial score (nSPS) is 21.3. The van der Waals surface area contributed by atoms with E-state index >= 15 is 0 Å². The number of nitrogens with one attached hydrogen (secondary N) is 1. The Morgan fingerprint density at radius 3 is 2.60 bits per heavy atom. The van der Waals surface area contributed by atoms with Gasteiger partial charge in [0.25, 0.3) is 0 Å². The lowest BCUT2D eigenvalue weighted by molar-refractivity contribution is -0.123. The zero-order valence-electron chi connectivity index (χ0n) is 14.0. The number of carboxylic acid groups (broad SMARTS) is 1. The van der Waals surface area contributed by atoms with Crippen molar-refractivity contribution in [1.82, 2.24) is 5.32 Å². The molecule has 0 spiro atoms. The van der Waals surface area contributed by atoms with Crippen molar-refractivity contribution in [1.29, 1.82) is 0 Å². The molecule has 2 atom stereocenters. The summed E-state index contributed by atoms with van der Waals surface area (Å²) in [4.78, 5) is 24.1. The van der Waals surface area contributed by atoms with E-state index in [2.05, 4.69) is 17.4 Å². The zero-order valence-corrected chi connectivity index (χ0v) is 14.0. The van der Waals surface area contributed by atoms with Crippen LogP contribution >= 0.6 is 0 Å². The quantitative estimate of drug-likeness (QED) is 0.900. The number of aryl methyl sites for hydroxylation is 2. The summed E-state index contributed by atoms with van der Waals surface area (Å²) in [7, 11) is 0. The highest BCUT2D eigenvalue weighted by atomic mass is 16.4. The van der Waals surface area contributed by atoms with Crippen LogP contribution < -0.4 is 5.32 Å². The Bertz CT molecular complexity index is 843. The molecular formula is C21H21NO3. The second-order valence-corrected chi connectivity index (χ2v) is 6.96. The Kier molecular flexibility index (Phi) is 4.04. The number of benzene rings is 2. The standard InChI is InChI=1S/C21H21NO3/c23-20(17-7-3-5-13-4-1-2-6-16(13)17)22-19-11-10-14-8-9-15(21(24)25)12-18(14)19/h1-2,4,6,8-9,12,17,19H,3,5,7,10-11H2,(H,22,23)(H,24,25). The number of aromatic carboxylic acids is 1. The van der Waals surface area contributed by atoms with E-state index in [-0.39, 0.29) is 23.4 Å². The van der Waals surface area contributed by atoms with Gasteiger partial charge in [-0.05, 0) is 66.5 Å². The van der Waals surface area contributed by atoms with Crippen molar-refractivity contribution in [2.45, 2.75) is 44.1 Å². The first-order chi connectivity index (χ1) is 12.1. The van der Waals surface area contributed by atoms with Gasteiger partial charge in [-0.3, -0.25) is 4.79 Å². The van der Waals surface area contributed by atoms with Gasteiger partial charge >= 0.3 is 5.97 Å². The minimum absolute atomic E-state index is 0.0609. The molecular weight excluding hydrogens is 314 g/mol. The summed E-state index contributed by atoms with van der Waals surface area (Å²) in [5.41, 5.74) is 4.79. The lowest BCUT2D eigenvalue weighted by atomic mass is 9.82. The second kappa shape index (κ2) is 6.36. The van der Waals surface area contributed by atoms with E-state index in [0.29, 0.717) is 0 Å². The first kappa shape index (κ1) is 15.9. The van der Waals surface area contributed by atoms with Crippen molar-refractivity contribution in [2.75, 3.05) is 0 Å². The fourth-order valence-electron chi connectivity index (χ4n) is 4.18. The molecule has 2 N–H and O–H groups in total. The molecule has 4 nitrogen and oxygen atoms in total. The van der Waals surface area contributed by atoms with Gasteiger partial charge < -0.3 is 10.4 Å². The lowest BCUT2D eigenvalue weighted by Crippen LogP contribution is -2.33. The van der Waals surface area contributed by atoms with Gasteiger partial charge in [-0.1, -0.05) is 30.3 Å². The van der Waals surface area contributed by atoms with Crippen LogP contribution in [0.1, 0.15) is 63.8 Å². The van der Waals surface area contributed by atoms with Crippen molar-refractivity contribution < 1.29 is 14.7 Å². The Morgan fingerprint density at radius 1 is 0.960 bits per heavy atom. The fraction of sp³-hybridized carbons (Fsp3) is 0.333. The molecule has 1 amide bonds. The Morgan fingerprint density at radius 2 is 1.76 bits per heavy atom. The molecule has 4 rings (SSSR count). The van der Waals surface area contributed by atoms with E-state index in [1.54, 1.807) is 12.1 Å². The molecule has 0 aliphatic heterocycles. The number of rotatable bonds is 3. The third kappa shape index (κ3) is 2.93. The number of hydrogen-bond acceptors (Lipinski definition) is 2. The molecule has 128 valence electrons. The highest BCUT2D eigenvalue weighted by Crippen LogP contribution is 2.35. The molecule has 2 aromatic carbocycles. The van der Waals surface area contributed by atoms with Crippen LogP contribution in [0.4, 0.5) is 0 Å². The topological polar surface area (TPSA) is 66.4 Å². The molecule has 0 radical (unpaired) electrons. The Labute approximate surface area is 146 Å². The molecule has 2 aliphatic carbocycles. The van der Waals surface area contributed by atoms with Gasteiger partial charge in [0, 0.05) is 0 Å². The molecule has 25 heavy (non-hydrogen) atoms. The summed E-state index contributed by atoms with van der Waals surface area (Å²) in [5.74, 6) is -0.969. The minimum atomic E-state index is -0.930. The van der Waals surface area contributed by atoms with Gasteiger partial charge in [-0.2, -0.15) is 0 Å².